The lowest BCUT2D eigenvalue weighted by Crippen LogP contribution is -2.23. The van der Waals surface area contributed by atoms with Gasteiger partial charge in [0.05, 0.1) is 5.52 Å². The number of nitrogens with zero attached hydrogens (tertiary/aromatic N) is 2. The van der Waals surface area contributed by atoms with Gasteiger partial charge in [-0.05, 0) is 43.2 Å². The summed E-state index contributed by atoms with van der Waals surface area (Å²) in [6.07, 6.45) is 5.84. The molecule has 1 heterocycles. The van der Waals surface area contributed by atoms with Gasteiger partial charge in [-0.2, -0.15) is 4.98 Å². The Bertz CT molecular complexity index is 974. The second-order valence-electron chi connectivity index (χ2n) is 6.79. The van der Waals surface area contributed by atoms with Gasteiger partial charge in [0, 0.05) is 28.2 Å². The van der Waals surface area contributed by atoms with Crippen molar-refractivity contribution in [1.29, 1.82) is 0 Å². The Labute approximate surface area is 161 Å². The van der Waals surface area contributed by atoms with Gasteiger partial charge in [-0.1, -0.05) is 30.9 Å². The highest BCUT2D eigenvalue weighted by Crippen LogP contribution is 2.29. The highest BCUT2D eigenvalue weighted by atomic mass is 35.5. The molecule has 4 rings (SSSR count). The molecule has 27 heavy (non-hydrogen) atoms. The fourth-order valence-corrected chi connectivity index (χ4v) is 3.58. The summed E-state index contributed by atoms with van der Waals surface area (Å²) in [6.45, 7) is 0. The second-order valence-corrected chi connectivity index (χ2v) is 7.23. The lowest BCUT2D eigenvalue weighted by Gasteiger charge is -2.24. The van der Waals surface area contributed by atoms with Crippen LogP contribution >= 0.6 is 11.6 Å². The fraction of sp³-hybridized carbons (Fsp3) is 0.300. The summed E-state index contributed by atoms with van der Waals surface area (Å²) in [4.78, 5) is 9.06. The molecule has 1 saturated carbocycles. The number of aromatic nitrogens is 2. The molecule has 140 valence electrons. The molecule has 1 aliphatic carbocycles. The molecule has 1 aromatic heterocycles. The number of fused-ring (bicyclic) bond motifs is 1. The molecule has 0 bridgehead atoms. The maximum Gasteiger partial charge on any atom is 0.229 e. The van der Waals surface area contributed by atoms with Crippen molar-refractivity contribution >= 4 is 40.0 Å². The molecule has 0 saturated heterocycles. The first-order valence-electron chi connectivity index (χ1n) is 9.04. The summed E-state index contributed by atoms with van der Waals surface area (Å²) in [7, 11) is 0. The van der Waals surface area contributed by atoms with E-state index in [1.807, 2.05) is 12.1 Å². The lowest BCUT2D eigenvalue weighted by molar-refractivity contribution is 0.462. The van der Waals surface area contributed by atoms with Gasteiger partial charge in [0.25, 0.3) is 0 Å². The van der Waals surface area contributed by atoms with Gasteiger partial charge in [0.15, 0.2) is 11.6 Å². The Morgan fingerprint density at radius 2 is 1.74 bits per heavy atom. The molecule has 0 aliphatic heterocycles. The van der Waals surface area contributed by atoms with Gasteiger partial charge in [-0.15, -0.1) is 0 Å². The number of anilines is 3. The van der Waals surface area contributed by atoms with E-state index in [2.05, 4.69) is 20.6 Å². The van der Waals surface area contributed by atoms with Crippen LogP contribution in [0.1, 0.15) is 32.1 Å². The molecule has 0 spiro atoms. The van der Waals surface area contributed by atoms with Crippen molar-refractivity contribution in [3.05, 3.63) is 53.1 Å². The van der Waals surface area contributed by atoms with Crippen LogP contribution in [0.25, 0.3) is 10.9 Å². The van der Waals surface area contributed by atoms with Crippen LogP contribution < -0.4 is 10.6 Å². The zero-order chi connectivity index (χ0) is 18.8. The van der Waals surface area contributed by atoms with Crippen LogP contribution in [0.5, 0.6) is 0 Å². The van der Waals surface area contributed by atoms with Crippen molar-refractivity contribution in [3.8, 4) is 0 Å². The third-order valence-electron chi connectivity index (χ3n) is 4.78. The van der Waals surface area contributed by atoms with Gasteiger partial charge in [0.1, 0.15) is 5.82 Å². The van der Waals surface area contributed by atoms with Crippen LogP contribution in [0.4, 0.5) is 26.2 Å². The van der Waals surface area contributed by atoms with Gasteiger partial charge >= 0.3 is 0 Å². The van der Waals surface area contributed by atoms with E-state index in [0.29, 0.717) is 28.5 Å². The molecule has 0 radical (unpaired) electrons. The Balaban J connectivity index is 1.70. The predicted molar refractivity (Wildman–Crippen MR) is 105 cm³/mol. The molecule has 3 aromatic rings. The normalized spacial score (nSPS) is 15.1. The van der Waals surface area contributed by atoms with E-state index >= 15 is 0 Å². The Kier molecular flexibility index (Phi) is 5.07. The summed E-state index contributed by atoms with van der Waals surface area (Å²) >= 11 is 6.16. The van der Waals surface area contributed by atoms with Crippen molar-refractivity contribution in [2.75, 3.05) is 10.6 Å². The van der Waals surface area contributed by atoms with Crippen LogP contribution in [0.2, 0.25) is 5.02 Å². The maximum absolute atomic E-state index is 13.5. The average Bonchev–Trinajstić information content (AvgIpc) is 2.66. The highest BCUT2D eigenvalue weighted by molar-refractivity contribution is 6.31. The Morgan fingerprint density at radius 3 is 2.52 bits per heavy atom. The number of hydrogen-bond acceptors (Lipinski definition) is 4. The van der Waals surface area contributed by atoms with Crippen molar-refractivity contribution in [3.63, 3.8) is 0 Å². The summed E-state index contributed by atoms with van der Waals surface area (Å²) in [5, 5.41) is 7.92. The largest absolute Gasteiger partial charge is 0.367 e. The van der Waals surface area contributed by atoms with Crippen molar-refractivity contribution < 1.29 is 8.78 Å². The van der Waals surface area contributed by atoms with Crippen molar-refractivity contribution in [1.82, 2.24) is 9.97 Å². The van der Waals surface area contributed by atoms with E-state index in [1.165, 1.54) is 25.3 Å². The first kappa shape index (κ1) is 17.9. The third kappa shape index (κ3) is 4.11. The van der Waals surface area contributed by atoms with Crippen LogP contribution in [-0.2, 0) is 0 Å². The monoisotopic (exact) mass is 388 g/mol. The fourth-order valence-electron chi connectivity index (χ4n) is 3.41. The van der Waals surface area contributed by atoms with Crippen LogP contribution in [0, 0.1) is 11.6 Å². The van der Waals surface area contributed by atoms with Gasteiger partial charge in [0.2, 0.25) is 5.95 Å². The average molecular weight is 389 g/mol. The number of nitrogens with one attached hydrogen (secondary N) is 2. The molecule has 7 heteroatoms. The second kappa shape index (κ2) is 7.64. The molecular formula is C20H19ClF2N4. The quantitative estimate of drug-likeness (QED) is 0.571. The SMILES string of the molecule is Fc1ccc(Nc2nc(NC3CCCCC3)c3cc(Cl)ccc3n2)cc1F. The first-order chi connectivity index (χ1) is 13.1. The Morgan fingerprint density at radius 1 is 0.926 bits per heavy atom. The summed E-state index contributed by atoms with van der Waals surface area (Å²) in [5.41, 5.74) is 1.10. The van der Waals surface area contributed by atoms with Gasteiger partial charge in [-0.3, -0.25) is 0 Å². The molecule has 2 aromatic carbocycles. The zero-order valence-electron chi connectivity index (χ0n) is 14.6. The van der Waals surface area contributed by atoms with E-state index in [4.69, 9.17) is 11.6 Å². The van der Waals surface area contributed by atoms with Crippen LogP contribution in [0.3, 0.4) is 0 Å². The zero-order valence-corrected chi connectivity index (χ0v) is 15.4. The molecule has 4 nitrogen and oxygen atoms in total. The Hall–Kier alpha value is -2.47. The number of halogens is 3. The van der Waals surface area contributed by atoms with Gasteiger partial charge in [-0.25, -0.2) is 13.8 Å². The number of rotatable bonds is 4. The molecule has 2 N–H and O–H groups in total. The summed E-state index contributed by atoms with van der Waals surface area (Å²) < 4.78 is 26.6. The molecule has 1 fully saturated rings. The highest BCUT2D eigenvalue weighted by Gasteiger charge is 2.16. The van der Waals surface area contributed by atoms with E-state index in [0.717, 1.165) is 35.9 Å². The van der Waals surface area contributed by atoms with Crippen molar-refractivity contribution in [2.45, 2.75) is 38.1 Å². The topological polar surface area (TPSA) is 49.8 Å². The minimum atomic E-state index is -0.923. The minimum Gasteiger partial charge on any atom is -0.367 e. The molecular weight excluding hydrogens is 370 g/mol. The number of hydrogen-bond donors (Lipinski definition) is 2. The minimum absolute atomic E-state index is 0.314. The standard InChI is InChI=1S/C20H19ClF2N4/c21-12-6-9-18-15(10-12)19(24-13-4-2-1-3-5-13)27-20(26-18)25-14-7-8-16(22)17(23)11-14/h6-11,13H,1-5H2,(H2,24,25,26,27). The van der Waals surface area contributed by atoms with Crippen molar-refractivity contribution in [2.24, 2.45) is 0 Å². The predicted octanol–water partition coefficient (Wildman–Crippen LogP) is 6.05. The van der Waals surface area contributed by atoms with Crippen LogP contribution in [-0.4, -0.2) is 16.0 Å². The summed E-state index contributed by atoms with van der Waals surface area (Å²) in [6, 6.07) is 9.38. The summed E-state index contributed by atoms with van der Waals surface area (Å²) in [5.74, 6) is -0.809. The maximum atomic E-state index is 13.5. The lowest BCUT2D eigenvalue weighted by atomic mass is 9.95. The number of benzene rings is 2. The third-order valence-corrected chi connectivity index (χ3v) is 5.01. The van der Waals surface area contributed by atoms with Crippen LogP contribution in [0.15, 0.2) is 36.4 Å². The van der Waals surface area contributed by atoms with E-state index < -0.39 is 11.6 Å². The molecule has 0 atom stereocenters. The molecule has 0 amide bonds. The van der Waals surface area contributed by atoms with E-state index in [-0.39, 0.29) is 0 Å². The van der Waals surface area contributed by atoms with Gasteiger partial charge < -0.3 is 10.6 Å². The smallest absolute Gasteiger partial charge is 0.229 e. The first-order valence-corrected chi connectivity index (χ1v) is 9.42. The molecule has 1 aliphatic rings. The van der Waals surface area contributed by atoms with E-state index in [1.54, 1.807) is 6.07 Å². The van der Waals surface area contributed by atoms with E-state index in [9.17, 15) is 8.78 Å². The molecule has 0 unspecified atom stereocenters.